The number of hydrogen-bond donors (Lipinski definition) is 0. The molecule has 2 bridgehead atoms. The summed E-state index contributed by atoms with van der Waals surface area (Å²) in [5.74, 6) is 2.99. The number of piperidine rings is 1. The van der Waals surface area contributed by atoms with Crippen LogP contribution in [0.2, 0.25) is 0 Å². The Labute approximate surface area is 181 Å². The standard InChI is InChI=1S/C24H28N4O3/c1-3-22-25-23(31-26-22)15-27-13-17-12-18(14-27)21(28-20(17)8-5-9-24(28)29)11-16-6-4-7-19(10-16)30-2/h4-10,17-18,21H,3,11-15H2,1-2H3/t17-,18+,21+/m1/s1. The van der Waals surface area contributed by atoms with Gasteiger partial charge in [0.2, 0.25) is 5.89 Å². The zero-order valence-electron chi connectivity index (χ0n) is 18.0. The Morgan fingerprint density at radius 3 is 2.87 bits per heavy atom. The molecule has 1 saturated heterocycles. The zero-order chi connectivity index (χ0) is 21.4. The topological polar surface area (TPSA) is 73.4 Å². The first kappa shape index (κ1) is 20.0. The molecule has 2 aromatic heterocycles. The van der Waals surface area contributed by atoms with Crippen LogP contribution in [0.1, 0.15) is 48.3 Å². The normalized spacial score (nSPS) is 22.8. The molecule has 7 nitrogen and oxygen atoms in total. The Morgan fingerprint density at radius 2 is 2.06 bits per heavy atom. The number of pyridine rings is 1. The molecule has 0 spiro atoms. The molecule has 2 aliphatic heterocycles. The van der Waals surface area contributed by atoms with Gasteiger partial charge in [-0.2, -0.15) is 4.98 Å². The third-order valence-electron chi connectivity index (χ3n) is 6.64. The number of ether oxygens (including phenoxy) is 1. The number of aromatic nitrogens is 3. The molecule has 1 fully saturated rings. The summed E-state index contributed by atoms with van der Waals surface area (Å²) in [6.07, 6.45) is 2.67. The SMILES string of the molecule is CCc1noc(CN2C[C@H]3C[C@@H](C2)[C@H](Cc2cccc(OC)c2)n2c3cccc2=O)n1. The monoisotopic (exact) mass is 420 g/mol. The average Bonchev–Trinajstić information content (AvgIpc) is 3.24. The van der Waals surface area contributed by atoms with E-state index in [0.29, 0.717) is 24.3 Å². The second kappa shape index (κ2) is 8.30. The smallest absolute Gasteiger partial charge is 0.251 e. The summed E-state index contributed by atoms with van der Waals surface area (Å²) in [7, 11) is 1.69. The van der Waals surface area contributed by atoms with Crippen molar-refractivity contribution in [3.05, 3.63) is 75.8 Å². The molecule has 3 atom stereocenters. The van der Waals surface area contributed by atoms with Gasteiger partial charge in [-0.05, 0) is 42.5 Å². The highest BCUT2D eigenvalue weighted by Crippen LogP contribution is 2.42. The van der Waals surface area contributed by atoms with Gasteiger partial charge in [0.15, 0.2) is 5.82 Å². The van der Waals surface area contributed by atoms with Crippen LogP contribution in [0.15, 0.2) is 51.8 Å². The van der Waals surface area contributed by atoms with Crippen LogP contribution in [-0.2, 0) is 19.4 Å². The minimum Gasteiger partial charge on any atom is -0.497 e. The lowest BCUT2D eigenvalue weighted by Gasteiger charge is -2.46. The van der Waals surface area contributed by atoms with E-state index < -0.39 is 0 Å². The van der Waals surface area contributed by atoms with Gasteiger partial charge in [0.05, 0.1) is 13.7 Å². The number of fused-ring (bicyclic) bond motifs is 4. The number of rotatable bonds is 6. The molecule has 162 valence electrons. The molecule has 0 unspecified atom stereocenters. The van der Waals surface area contributed by atoms with Gasteiger partial charge in [-0.15, -0.1) is 0 Å². The molecule has 5 rings (SSSR count). The summed E-state index contributed by atoms with van der Waals surface area (Å²) >= 11 is 0. The van der Waals surface area contributed by atoms with E-state index >= 15 is 0 Å². The largest absolute Gasteiger partial charge is 0.497 e. The van der Waals surface area contributed by atoms with Crippen LogP contribution in [0.4, 0.5) is 0 Å². The fraction of sp³-hybridized carbons (Fsp3) is 0.458. The van der Waals surface area contributed by atoms with Crippen molar-refractivity contribution in [1.29, 1.82) is 0 Å². The fourth-order valence-corrected chi connectivity index (χ4v) is 5.26. The first-order valence-corrected chi connectivity index (χ1v) is 11.0. The van der Waals surface area contributed by atoms with Gasteiger partial charge in [-0.3, -0.25) is 9.69 Å². The Kier molecular flexibility index (Phi) is 5.36. The summed E-state index contributed by atoms with van der Waals surface area (Å²) in [6.45, 7) is 4.49. The second-order valence-corrected chi connectivity index (χ2v) is 8.63. The van der Waals surface area contributed by atoms with E-state index in [2.05, 4.69) is 37.8 Å². The average molecular weight is 421 g/mol. The van der Waals surface area contributed by atoms with E-state index in [4.69, 9.17) is 9.26 Å². The van der Waals surface area contributed by atoms with Crippen molar-refractivity contribution in [3.63, 3.8) is 0 Å². The number of likely N-dealkylation sites (tertiary alicyclic amines) is 1. The molecule has 0 N–H and O–H groups in total. The number of benzene rings is 1. The lowest BCUT2D eigenvalue weighted by Crippen LogP contribution is -2.49. The van der Waals surface area contributed by atoms with Crippen molar-refractivity contribution in [2.75, 3.05) is 20.2 Å². The molecule has 4 heterocycles. The van der Waals surface area contributed by atoms with Crippen molar-refractivity contribution >= 4 is 0 Å². The van der Waals surface area contributed by atoms with Crippen LogP contribution in [0.5, 0.6) is 5.75 Å². The first-order chi connectivity index (χ1) is 15.1. The molecule has 7 heteroatoms. The summed E-state index contributed by atoms with van der Waals surface area (Å²) in [6, 6.07) is 14.0. The third-order valence-corrected chi connectivity index (χ3v) is 6.64. The number of hydrogen-bond acceptors (Lipinski definition) is 6. The molecular weight excluding hydrogens is 392 g/mol. The minimum atomic E-state index is 0.0954. The van der Waals surface area contributed by atoms with Gasteiger partial charge in [0.25, 0.3) is 5.56 Å². The number of nitrogens with zero attached hydrogens (tertiary/aromatic N) is 4. The second-order valence-electron chi connectivity index (χ2n) is 8.63. The van der Waals surface area contributed by atoms with Crippen molar-refractivity contribution in [1.82, 2.24) is 19.6 Å². The zero-order valence-corrected chi connectivity index (χ0v) is 18.0. The van der Waals surface area contributed by atoms with E-state index in [0.717, 1.165) is 49.6 Å². The summed E-state index contributed by atoms with van der Waals surface area (Å²) < 4.78 is 12.9. The molecule has 31 heavy (non-hydrogen) atoms. The Morgan fingerprint density at radius 1 is 1.19 bits per heavy atom. The third kappa shape index (κ3) is 3.90. The summed E-state index contributed by atoms with van der Waals surface area (Å²) in [4.78, 5) is 19.8. The lowest BCUT2D eigenvalue weighted by atomic mass is 9.76. The maximum atomic E-state index is 12.9. The molecule has 3 aromatic rings. The van der Waals surface area contributed by atoms with Crippen molar-refractivity contribution in [3.8, 4) is 5.75 Å². The Hall–Kier alpha value is -2.93. The molecule has 0 aliphatic carbocycles. The van der Waals surface area contributed by atoms with Crippen molar-refractivity contribution in [2.45, 2.75) is 44.7 Å². The van der Waals surface area contributed by atoms with E-state index in [-0.39, 0.29) is 11.6 Å². The van der Waals surface area contributed by atoms with Gasteiger partial charge in [-0.25, -0.2) is 0 Å². The van der Waals surface area contributed by atoms with Crippen molar-refractivity contribution < 1.29 is 9.26 Å². The molecule has 0 amide bonds. The number of aryl methyl sites for hydroxylation is 1. The van der Waals surface area contributed by atoms with Gasteiger partial charge in [0, 0.05) is 43.2 Å². The van der Waals surface area contributed by atoms with Crippen LogP contribution in [0.25, 0.3) is 0 Å². The van der Waals surface area contributed by atoms with Crippen LogP contribution in [-0.4, -0.2) is 39.8 Å². The number of methoxy groups -OCH3 is 1. The quantitative estimate of drug-likeness (QED) is 0.610. The Bertz CT molecular complexity index is 1120. The highest BCUT2D eigenvalue weighted by Gasteiger charge is 2.40. The first-order valence-electron chi connectivity index (χ1n) is 11.0. The minimum absolute atomic E-state index is 0.0954. The molecule has 0 saturated carbocycles. The predicted octanol–water partition coefficient (Wildman–Crippen LogP) is 3.21. The van der Waals surface area contributed by atoms with Gasteiger partial charge in [0.1, 0.15) is 5.75 Å². The van der Waals surface area contributed by atoms with Crippen molar-refractivity contribution in [2.24, 2.45) is 5.92 Å². The van der Waals surface area contributed by atoms with E-state index in [1.54, 1.807) is 13.2 Å². The molecule has 1 aromatic carbocycles. The summed E-state index contributed by atoms with van der Waals surface area (Å²) in [5, 5.41) is 4.04. The lowest BCUT2D eigenvalue weighted by molar-refractivity contribution is 0.0775. The Balaban J connectivity index is 1.46. The molecule has 2 aliphatic rings. The van der Waals surface area contributed by atoms with Gasteiger partial charge < -0.3 is 13.8 Å². The van der Waals surface area contributed by atoms with Gasteiger partial charge >= 0.3 is 0 Å². The fourth-order valence-electron chi connectivity index (χ4n) is 5.26. The van der Waals surface area contributed by atoms with E-state index in [1.165, 1.54) is 5.56 Å². The maximum Gasteiger partial charge on any atom is 0.251 e. The van der Waals surface area contributed by atoms with Gasteiger partial charge in [-0.1, -0.05) is 30.3 Å². The van der Waals surface area contributed by atoms with Crippen LogP contribution < -0.4 is 10.3 Å². The highest BCUT2D eigenvalue weighted by molar-refractivity contribution is 5.30. The molecule has 0 radical (unpaired) electrons. The predicted molar refractivity (Wildman–Crippen MR) is 116 cm³/mol. The van der Waals surface area contributed by atoms with E-state index in [9.17, 15) is 4.79 Å². The van der Waals surface area contributed by atoms with E-state index in [1.807, 2.05) is 25.1 Å². The summed E-state index contributed by atoms with van der Waals surface area (Å²) in [5.41, 5.74) is 2.42. The van der Waals surface area contributed by atoms with Crippen LogP contribution >= 0.6 is 0 Å². The highest BCUT2D eigenvalue weighted by atomic mass is 16.5. The van der Waals surface area contributed by atoms with Crippen LogP contribution in [0, 0.1) is 5.92 Å². The van der Waals surface area contributed by atoms with Crippen LogP contribution in [0.3, 0.4) is 0 Å². The maximum absolute atomic E-state index is 12.9. The molecular formula is C24H28N4O3.